The molecular weight excluding hydrogens is 468 g/mol. The van der Waals surface area contributed by atoms with Crippen LogP contribution in [0.1, 0.15) is 30.9 Å². The standard InChI is InChI=1S/C26H34N4O4.ClH/c1-18(24(31)28-17-21-10-6-7-11-23(21)34-2)29-25(32)20-12-14-30(15-13-20)26(33)22(27)16-19-8-4-3-5-9-19;/h3-11,18,20,22H,12-17,27H2,1-2H3,(H,28,31)(H,29,32);1H/t18-,22-;/m0./s1. The van der Waals surface area contributed by atoms with Gasteiger partial charge >= 0.3 is 0 Å². The quantitative estimate of drug-likeness (QED) is 0.485. The first-order valence-electron chi connectivity index (χ1n) is 11.7. The van der Waals surface area contributed by atoms with E-state index < -0.39 is 12.1 Å². The van der Waals surface area contributed by atoms with E-state index in [0.717, 1.165) is 11.1 Å². The van der Waals surface area contributed by atoms with E-state index in [9.17, 15) is 14.4 Å². The average Bonchev–Trinajstić information content (AvgIpc) is 2.87. The zero-order chi connectivity index (χ0) is 24.5. The Morgan fingerprint density at radius 1 is 1.06 bits per heavy atom. The van der Waals surface area contributed by atoms with Gasteiger partial charge in [-0.1, -0.05) is 48.5 Å². The summed E-state index contributed by atoms with van der Waals surface area (Å²) < 4.78 is 5.29. The molecule has 0 spiro atoms. The van der Waals surface area contributed by atoms with E-state index >= 15 is 0 Å². The largest absolute Gasteiger partial charge is 0.496 e. The Labute approximate surface area is 213 Å². The number of carbonyl (C=O) groups is 3. The first-order valence-corrected chi connectivity index (χ1v) is 11.7. The van der Waals surface area contributed by atoms with Crippen molar-refractivity contribution < 1.29 is 19.1 Å². The van der Waals surface area contributed by atoms with Gasteiger partial charge in [0.2, 0.25) is 17.7 Å². The lowest BCUT2D eigenvalue weighted by Gasteiger charge is -2.33. The van der Waals surface area contributed by atoms with Crippen LogP contribution >= 0.6 is 12.4 Å². The number of amides is 3. The molecular formula is C26H35ClN4O4. The van der Waals surface area contributed by atoms with Gasteiger partial charge in [-0.25, -0.2) is 0 Å². The number of halogens is 1. The van der Waals surface area contributed by atoms with Crippen LogP contribution in [0, 0.1) is 5.92 Å². The zero-order valence-electron chi connectivity index (χ0n) is 20.2. The maximum Gasteiger partial charge on any atom is 0.242 e. The van der Waals surface area contributed by atoms with Crippen molar-refractivity contribution in [1.82, 2.24) is 15.5 Å². The number of hydrogen-bond acceptors (Lipinski definition) is 5. The molecule has 3 amide bonds. The van der Waals surface area contributed by atoms with E-state index in [-0.39, 0.29) is 36.0 Å². The van der Waals surface area contributed by atoms with Gasteiger partial charge in [-0.05, 0) is 37.8 Å². The number of para-hydroxylation sites is 1. The van der Waals surface area contributed by atoms with Crippen LogP contribution in [0.4, 0.5) is 0 Å². The van der Waals surface area contributed by atoms with Crippen molar-refractivity contribution in [2.75, 3.05) is 20.2 Å². The van der Waals surface area contributed by atoms with Crippen LogP contribution in [0.25, 0.3) is 0 Å². The highest BCUT2D eigenvalue weighted by Crippen LogP contribution is 2.19. The van der Waals surface area contributed by atoms with Crippen molar-refractivity contribution in [2.24, 2.45) is 11.7 Å². The van der Waals surface area contributed by atoms with Crippen LogP contribution < -0.4 is 21.1 Å². The van der Waals surface area contributed by atoms with Gasteiger partial charge in [0.15, 0.2) is 0 Å². The maximum absolute atomic E-state index is 12.7. The normalized spacial score (nSPS) is 15.3. The fourth-order valence-electron chi connectivity index (χ4n) is 4.13. The summed E-state index contributed by atoms with van der Waals surface area (Å²) in [5.74, 6) is -0.0608. The van der Waals surface area contributed by atoms with Crippen LogP contribution in [0.5, 0.6) is 5.75 Å². The van der Waals surface area contributed by atoms with Crippen molar-refractivity contribution in [3.05, 3.63) is 65.7 Å². The molecule has 1 aliphatic rings. The van der Waals surface area contributed by atoms with Gasteiger partial charge in [0.05, 0.1) is 13.2 Å². The molecule has 0 bridgehead atoms. The smallest absolute Gasteiger partial charge is 0.242 e. The number of hydrogen-bond donors (Lipinski definition) is 3. The molecule has 3 rings (SSSR count). The predicted molar refractivity (Wildman–Crippen MR) is 137 cm³/mol. The first-order chi connectivity index (χ1) is 16.4. The Morgan fingerprint density at radius 2 is 1.69 bits per heavy atom. The van der Waals surface area contributed by atoms with Gasteiger partial charge < -0.3 is 26.0 Å². The fraction of sp³-hybridized carbons (Fsp3) is 0.423. The molecule has 1 saturated heterocycles. The molecule has 2 aromatic carbocycles. The van der Waals surface area contributed by atoms with Crippen LogP contribution in [0.3, 0.4) is 0 Å². The number of nitrogens with one attached hydrogen (secondary N) is 2. The van der Waals surface area contributed by atoms with Crippen molar-refractivity contribution in [3.8, 4) is 5.75 Å². The SMILES string of the molecule is COc1ccccc1CNC(=O)[C@H](C)NC(=O)C1CCN(C(=O)[C@@H](N)Cc2ccccc2)CC1.Cl. The van der Waals surface area contributed by atoms with Gasteiger partial charge in [-0.15, -0.1) is 12.4 Å². The summed E-state index contributed by atoms with van der Waals surface area (Å²) in [5, 5.41) is 5.64. The summed E-state index contributed by atoms with van der Waals surface area (Å²) in [5.41, 5.74) is 8.02. The molecule has 0 saturated carbocycles. The van der Waals surface area contributed by atoms with E-state index in [2.05, 4.69) is 10.6 Å². The molecule has 1 heterocycles. The molecule has 9 heteroatoms. The highest BCUT2D eigenvalue weighted by molar-refractivity contribution is 5.88. The number of ether oxygens (including phenoxy) is 1. The molecule has 0 aliphatic carbocycles. The van der Waals surface area contributed by atoms with Crippen molar-refractivity contribution >= 4 is 30.1 Å². The molecule has 1 aliphatic heterocycles. The topological polar surface area (TPSA) is 114 Å². The number of methoxy groups -OCH3 is 1. The number of nitrogens with zero attached hydrogens (tertiary/aromatic N) is 1. The monoisotopic (exact) mass is 502 g/mol. The van der Waals surface area contributed by atoms with Gasteiger partial charge in [-0.3, -0.25) is 14.4 Å². The highest BCUT2D eigenvalue weighted by atomic mass is 35.5. The second-order valence-corrected chi connectivity index (χ2v) is 8.66. The minimum atomic E-state index is -0.666. The lowest BCUT2D eigenvalue weighted by molar-refractivity contribution is -0.137. The molecule has 4 N–H and O–H groups in total. The van der Waals surface area contributed by atoms with Crippen LogP contribution in [-0.4, -0.2) is 54.9 Å². The number of rotatable bonds is 9. The number of nitrogens with two attached hydrogens (primary N) is 1. The molecule has 0 aromatic heterocycles. The number of likely N-dealkylation sites (tertiary alicyclic amines) is 1. The summed E-state index contributed by atoms with van der Waals surface area (Å²) in [7, 11) is 1.58. The number of carbonyl (C=O) groups excluding carboxylic acids is 3. The third-order valence-corrected chi connectivity index (χ3v) is 6.19. The lowest BCUT2D eigenvalue weighted by atomic mass is 9.94. The molecule has 2 atom stereocenters. The van der Waals surface area contributed by atoms with Crippen molar-refractivity contribution in [3.63, 3.8) is 0 Å². The second kappa shape index (κ2) is 13.7. The Balaban J connectivity index is 0.00000432. The molecule has 2 aromatic rings. The van der Waals surface area contributed by atoms with Crippen molar-refractivity contribution in [1.29, 1.82) is 0 Å². The minimum absolute atomic E-state index is 0. The predicted octanol–water partition coefficient (Wildman–Crippen LogP) is 2.05. The molecule has 1 fully saturated rings. The van der Waals surface area contributed by atoms with Crippen molar-refractivity contribution in [2.45, 2.75) is 44.8 Å². The van der Waals surface area contributed by atoms with Crippen LogP contribution in [0.15, 0.2) is 54.6 Å². The molecule has 0 unspecified atom stereocenters. The average molecular weight is 503 g/mol. The Morgan fingerprint density at radius 3 is 2.34 bits per heavy atom. The van der Waals surface area contributed by atoms with E-state index in [0.29, 0.717) is 44.6 Å². The van der Waals surface area contributed by atoms with Gasteiger partial charge in [0.25, 0.3) is 0 Å². The molecule has 35 heavy (non-hydrogen) atoms. The van der Waals surface area contributed by atoms with E-state index in [4.69, 9.17) is 10.5 Å². The summed E-state index contributed by atoms with van der Waals surface area (Å²) in [6.07, 6.45) is 1.58. The third kappa shape index (κ3) is 7.97. The molecule has 0 radical (unpaired) electrons. The van der Waals surface area contributed by atoms with E-state index in [1.807, 2.05) is 54.6 Å². The zero-order valence-corrected chi connectivity index (χ0v) is 21.1. The summed E-state index contributed by atoms with van der Waals surface area (Å²) in [6.45, 7) is 2.94. The second-order valence-electron chi connectivity index (χ2n) is 8.66. The summed E-state index contributed by atoms with van der Waals surface area (Å²) in [4.78, 5) is 39.6. The summed E-state index contributed by atoms with van der Waals surface area (Å²) in [6, 6.07) is 15.9. The van der Waals surface area contributed by atoms with Crippen LogP contribution in [0.2, 0.25) is 0 Å². The van der Waals surface area contributed by atoms with E-state index in [1.165, 1.54) is 0 Å². The third-order valence-electron chi connectivity index (χ3n) is 6.19. The number of benzene rings is 2. The van der Waals surface area contributed by atoms with Gasteiger partial charge in [-0.2, -0.15) is 0 Å². The number of piperidine rings is 1. The van der Waals surface area contributed by atoms with Crippen LogP contribution in [-0.2, 0) is 27.3 Å². The minimum Gasteiger partial charge on any atom is -0.496 e. The summed E-state index contributed by atoms with van der Waals surface area (Å²) >= 11 is 0. The Hall–Kier alpha value is -3.10. The van der Waals surface area contributed by atoms with E-state index in [1.54, 1.807) is 18.9 Å². The highest BCUT2D eigenvalue weighted by Gasteiger charge is 2.30. The Bertz CT molecular complexity index is 980. The lowest BCUT2D eigenvalue weighted by Crippen LogP contribution is -2.51. The molecule has 8 nitrogen and oxygen atoms in total. The Kier molecular flexibility index (Phi) is 11.0. The maximum atomic E-state index is 12.7. The first kappa shape index (κ1) is 28.1. The fourth-order valence-corrected chi connectivity index (χ4v) is 4.13. The van der Waals surface area contributed by atoms with Gasteiger partial charge in [0.1, 0.15) is 11.8 Å². The van der Waals surface area contributed by atoms with Gasteiger partial charge in [0, 0.05) is 31.1 Å². The molecule has 190 valence electrons.